The molecule has 0 aliphatic rings. The van der Waals surface area contributed by atoms with E-state index in [4.69, 9.17) is 0 Å². The fraction of sp³-hybridized carbons (Fsp3) is 0.300. The van der Waals surface area contributed by atoms with Gasteiger partial charge in [0.15, 0.2) is 0 Å². The summed E-state index contributed by atoms with van der Waals surface area (Å²) in [6.45, 7) is 3.19. The van der Waals surface area contributed by atoms with Gasteiger partial charge in [0.1, 0.15) is 0 Å². The second-order valence-corrected chi connectivity index (χ2v) is 6.27. The van der Waals surface area contributed by atoms with Crippen molar-refractivity contribution in [3.05, 3.63) is 28.7 Å². The van der Waals surface area contributed by atoms with Crippen LogP contribution in [0.15, 0.2) is 23.0 Å². The molecular formula is C10H13N3O3S. The number of anilines is 1. The number of hydrogen-bond acceptors (Lipinski definition) is 3. The lowest BCUT2D eigenvalue weighted by atomic mass is 10.3. The Bertz CT molecular complexity index is 697. The molecule has 0 saturated carbocycles. The van der Waals surface area contributed by atoms with Gasteiger partial charge in [0.05, 0.1) is 22.0 Å². The normalized spacial score (nSPS) is 12.2. The molecule has 2 aromatic rings. The van der Waals surface area contributed by atoms with Gasteiger partial charge in [-0.3, -0.25) is 4.72 Å². The van der Waals surface area contributed by atoms with E-state index in [-0.39, 0.29) is 5.69 Å². The Labute approximate surface area is 98.1 Å². The van der Waals surface area contributed by atoms with Crippen LogP contribution in [-0.4, -0.2) is 23.6 Å². The lowest BCUT2D eigenvalue weighted by Gasteiger charge is -2.10. The largest absolute Gasteiger partial charge is 0.323 e. The fourth-order valence-electron chi connectivity index (χ4n) is 1.38. The Morgan fingerprint density at radius 2 is 1.82 bits per heavy atom. The van der Waals surface area contributed by atoms with Crippen molar-refractivity contribution in [1.29, 1.82) is 0 Å². The Morgan fingerprint density at radius 3 is 2.47 bits per heavy atom. The number of hydrogen-bond donors (Lipinski definition) is 3. The lowest BCUT2D eigenvalue weighted by molar-refractivity contribution is 0.593. The van der Waals surface area contributed by atoms with Crippen molar-refractivity contribution in [2.24, 2.45) is 0 Å². The molecule has 0 atom stereocenters. The Hall–Kier alpha value is -1.76. The number of rotatable bonds is 3. The summed E-state index contributed by atoms with van der Waals surface area (Å²) in [6, 6.07) is 4.82. The molecule has 0 radical (unpaired) electrons. The molecule has 0 fully saturated rings. The predicted molar refractivity (Wildman–Crippen MR) is 66.6 cm³/mol. The average molecular weight is 255 g/mol. The number of sulfonamides is 1. The van der Waals surface area contributed by atoms with Crippen molar-refractivity contribution in [2.45, 2.75) is 19.1 Å². The summed E-state index contributed by atoms with van der Waals surface area (Å²) >= 11 is 0. The maximum atomic E-state index is 11.7. The van der Waals surface area contributed by atoms with Crippen LogP contribution in [0.2, 0.25) is 0 Å². The molecule has 0 amide bonds. The predicted octanol–water partition coefficient (Wildman–Crippen LogP) is 1.01. The molecule has 0 spiro atoms. The van der Waals surface area contributed by atoms with Crippen LogP contribution in [0.5, 0.6) is 0 Å². The number of aromatic nitrogens is 2. The first-order valence-corrected chi connectivity index (χ1v) is 6.67. The quantitative estimate of drug-likeness (QED) is 0.763. The number of fused-ring (bicyclic) bond motifs is 1. The zero-order valence-corrected chi connectivity index (χ0v) is 10.3. The summed E-state index contributed by atoms with van der Waals surface area (Å²) in [5, 5.41) is -0.511. The minimum absolute atomic E-state index is 0.316. The molecule has 1 aromatic heterocycles. The van der Waals surface area contributed by atoms with Crippen molar-refractivity contribution in [3.63, 3.8) is 0 Å². The van der Waals surface area contributed by atoms with E-state index in [2.05, 4.69) is 14.7 Å². The smallest absolute Gasteiger partial charge is 0.306 e. The van der Waals surface area contributed by atoms with Crippen molar-refractivity contribution >= 4 is 26.7 Å². The molecule has 1 heterocycles. The van der Waals surface area contributed by atoms with Gasteiger partial charge < -0.3 is 9.97 Å². The number of benzene rings is 1. The highest BCUT2D eigenvalue weighted by molar-refractivity contribution is 7.93. The van der Waals surface area contributed by atoms with Crippen LogP contribution in [0, 0.1) is 0 Å². The van der Waals surface area contributed by atoms with Gasteiger partial charge in [-0.15, -0.1) is 0 Å². The van der Waals surface area contributed by atoms with Gasteiger partial charge in [0.2, 0.25) is 10.0 Å². The monoisotopic (exact) mass is 255 g/mol. The van der Waals surface area contributed by atoms with Gasteiger partial charge in [-0.25, -0.2) is 13.2 Å². The minimum Gasteiger partial charge on any atom is -0.306 e. The van der Waals surface area contributed by atoms with E-state index in [1.54, 1.807) is 32.0 Å². The first-order valence-electron chi connectivity index (χ1n) is 5.12. The van der Waals surface area contributed by atoms with Gasteiger partial charge in [-0.1, -0.05) is 0 Å². The van der Waals surface area contributed by atoms with Gasteiger partial charge in [-0.05, 0) is 32.0 Å². The van der Waals surface area contributed by atoms with E-state index in [1.165, 1.54) is 0 Å². The van der Waals surface area contributed by atoms with E-state index < -0.39 is 15.3 Å². The van der Waals surface area contributed by atoms with Crippen molar-refractivity contribution in [1.82, 2.24) is 9.97 Å². The van der Waals surface area contributed by atoms with E-state index >= 15 is 0 Å². The van der Waals surface area contributed by atoms with Gasteiger partial charge >= 0.3 is 5.69 Å². The van der Waals surface area contributed by atoms with E-state index in [0.717, 1.165) is 0 Å². The molecule has 1 aromatic carbocycles. The molecule has 0 unspecified atom stereocenters. The Balaban J connectivity index is 2.41. The van der Waals surface area contributed by atoms with Crippen LogP contribution in [0.3, 0.4) is 0 Å². The number of aromatic amines is 2. The summed E-state index contributed by atoms with van der Waals surface area (Å²) in [5.74, 6) is 0. The third-order valence-corrected chi connectivity index (χ3v) is 4.16. The number of H-pyrrole nitrogens is 2. The number of nitrogens with one attached hydrogen (secondary N) is 3. The molecule has 6 nitrogen and oxygen atoms in total. The summed E-state index contributed by atoms with van der Waals surface area (Å²) in [6.07, 6.45) is 0. The van der Waals surface area contributed by atoms with Gasteiger partial charge in [0, 0.05) is 0 Å². The molecule has 0 aliphatic heterocycles. The van der Waals surface area contributed by atoms with Crippen LogP contribution in [0.4, 0.5) is 5.69 Å². The number of imidazole rings is 1. The van der Waals surface area contributed by atoms with E-state index in [0.29, 0.717) is 16.7 Å². The third kappa shape index (κ3) is 2.33. The maximum Gasteiger partial charge on any atom is 0.323 e. The highest BCUT2D eigenvalue weighted by Gasteiger charge is 2.15. The third-order valence-electron chi connectivity index (χ3n) is 2.40. The molecule has 3 N–H and O–H groups in total. The SMILES string of the molecule is CC(C)S(=O)(=O)Nc1ccc2[nH]c(=O)[nH]c2c1. The molecule has 0 saturated heterocycles. The van der Waals surface area contributed by atoms with Crippen molar-refractivity contribution < 1.29 is 8.42 Å². The van der Waals surface area contributed by atoms with Crippen LogP contribution in [0.1, 0.15) is 13.8 Å². The van der Waals surface area contributed by atoms with Crippen molar-refractivity contribution in [2.75, 3.05) is 4.72 Å². The molecule has 0 aliphatic carbocycles. The fourth-order valence-corrected chi connectivity index (χ4v) is 2.07. The zero-order chi connectivity index (χ0) is 12.6. The maximum absolute atomic E-state index is 11.7. The summed E-state index contributed by atoms with van der Waals surface area (Å²) in [5.41, 5.74) is 1.33. The molecule has 7 heteroatoms. The molecular weight excluding hydrogens is 242 g/mol. The summed E-state index contributed by atoms with van der Waals surface area (Å²) < 4.78 is 25.8. The summed E-state index contributed by atoms with van der Waals surface area (Å²) in [7, 11) is -3.37. The molecule has 2 rings (SSSR count). The van der Waals surface area contributed by atoms with Gasteiger partial charge in [0.25, 0.3) is 0 Å². The van der Waals surface area contributed by atoms with Crippen LogP contribution in [-0.2, 0) is 10.0 Å². The van der Waals surface area contributed by atoms with Crippen LogP contribution in [0.25, 0.3) is 11.0 Å². The highest BCUT2D eigenvalue weighted by atomic mass is 32.2. The highest BCUT2D eigenvalue weighted by Crippen LogP contribution is 2.16. The second kappa shape index (κ2) is 3.92. The van der Waals surface area contributed by atoms with Gasteiger partial charge in [-0.2, -0.15) is 0 Å². The van der Waals surface area contributed by atoms with Crippen LogP contribution >= 0.6 is 0 Å². The summed E-state index contributed by atoms with van der Waals surface area (Å²) in [4.78, 5) is 16.2. The topological polar surface area (TPSA) is 94.8 Å². The molecule has 17 heavy (non-hydrogen) atoms. The van der Waals surface area contributed by atoms with E-state index in [9.17, 15) is 13.2 Å². The molecule has 92 valence electrons. The minimum atomic E-state index is -3.37. The Morgan fingerprint density at radius 1 is 1.18 bits per heavy atom. The zero-order valence-electron chi connectivity index (χ0n) is 9.44. The van der Waals surface area contributed by atoms with Crippen LogP contribution < -0.4 is 10.4 Å². The second-order valence-electron chi connectivity index (χ2n) is 4.04. The lowest BCUT2D eigenvalue weighted by Crippen LogP contribution is -2.22. The standard InChI is InChI=1S/C10H13N3O3S/c1-6(2)17(15,16)13-7-3-4-8-9(5-7)12-10(14)11-8/h3-6,13H,1-2H3,(H2,11,12,14). The van der Waals surface area contributed by atoms with Crippen molar-refractivity contribution in [3.8, 4) is 0 Å². The molecule has 0 bridgehead atoms. The first-order chi connectivity index (χ1) is 7.88. The average Bonchev–Trinajstić information content (AvgIpc) is 2.56. The first kappa shape index (κ1) is 11.7. The van der Waals surface area contributed by atoms with E-state index in [1.807, 2.05) is 0 Å². The Kier molecular flexibility index (Phi) is 2.70.